The van der Waals surface area contributed by atoms with Crippen LogP contribution in [0.25, 0.3) is 0 Å². The summed E-state index contributed by atoms with van der Waals surface area (Å²) in [5, 5.41) is 0. The first-order valence-corrected chi connectivity index (χ1v) is 7.89. The average Bonchev–Trinajstić information content (AvgIpc) is 3.18. The molecule has 1 aliphatic carbocycles. The van der Waals surface area contributed by atoms with Crippen molar-refractivity contribution >= 4 is 21.7 Å². The third-order valence-corrected chi connectivity index (χ3v) is 4.41. The Morgan fingerprint density at radius 3 is 2.63 bits per heavy atom. The van der Waals surface area contributed by atoms with Gasteiger partial charge in [-0.15, -0.1) is 0 Å². The third-order valence-electron chi connectivity index (χ3n) is 3.72. The fourth-order valence-corrected chi connectivity index (χ4v) is 2.77. The van der Waals surface area contributed by atoms with Crippen molar-refractivity contribution in [3.05, 3.63) is 34.3 Å². The smallest absolute Gasteiger partial charge is 0.165 e. The summed E-state index contributed by atoms with van der Waals surface area (Å²) in [5.41, 5.74) is 0.803. The van der Waals surface area contributed by atoms with Gasteiger partial charge in [0, 0.05) is 35.6 Å². The molecule has 1 aromatic carbocycles. The van der Waals surface area contributed by atoms with Gasteiger partial charge in [0.2, 0.25) is 0 Å². The first-order valence-electron chi connectivity index (χ1n) is 7.09. The highest BCUT2D eigenvalue weighted by Gasteiger charge is 2.25. The molecule has 0 saturated heterocycles. The van der Waals surface area contributed by atoms with Gasteiger partial charge in [0.05, 0.1) is 0 Å². The highest BCUT2D eigenvalue weighted by atomic mass is 79.9. The van der Waals surface area contributed by atoms with Gasteiger partial charge in [-0.25, -0.2) is 0 Å². The molecule has 1 saturated carbocycles. The van der Waals surface area contributed by atoms with Crippen LogP contribution >= 0.6 is 15.9 Å². The summed E-state index contributed by atoms with van der Waals surface area (Å²) in [5.74, 6) is 1.11. The van der Waals surface area contributed by atoms with Crippen molar-refractivity contribution in [1.29, 1.82) is 0 Å². The fraction of sp³-hybridized carbons (Fsp3) is 0.562. The molecule has 19 heavy (non-hydrogen) atoms. The highest BCUT2D eigenvalue weighted by Crippen LogP contribution is 2.30. The van der Waals surface area contributed by atoms with Crippen LogP contribution in [-0.4, -0.2) is 29.8 Å². The molecule has 0 aromatic heterocycles. The molecule has 0 bridgehead atoms. The van der Waals surface area contributed by atoms with Gasteiger partial charge in [-0.05, 0) is 38.7 Å². The Morgan fingerprint density at radius 2 is 2.05 bits per heavy atom. The van der Waals surface area contributed by atoms with Gasteiger partial charge in [-0.1, -0.05) is 34.1 Å². The third kappa shape index (κ3) is 4.43. The van der Waals surface area contributed by atoms with E-state index in [0.717, 1.165) is 29.0 Å². The number of carbonyl (C=O) groups excluding carboxylic acids is 1. The number of Topliss-reactive ketones (excluding diaryl/α,β-unsaturated/α-hetero) is 1. The molecule has 0 radical (unpaired) electrons. The zero-order valence-electron chi connectivity index (χ0n) is 11.7. The maximum atomic E-state index is 12.2. The zero-order chi connectivity index (χ0) is 13.8. The van der Waals surface area contributed by atoms with Crippen LogP contribution in [0.4, 0.5) is 0 Å². The van der Waals surface area contributed by atoms with Crippen LogP contribution < -0.4 is 0 Å². The van der Waals surface area contributed by atoms with E-state index in [1.54, 1.807) is 0 Å². The minimum absolute atomic E-state index is 0.230. The van der Waals surface area contributed by atoms with E-state index in [2.05, 4.69) is 34.7 Å². The van der Waals surface area contributed by atoms with Crippen molar-refractivity contribution in [2.45, 2.75) is 39.2 Å². The Balaban J connectivity index is 1.89. The molecule has 3 heteroatoms. The predicted octanol–water partition coefficient (Wildman–Crippen LogP) is 4.14. The number of ketones is 1. The van der Waals surface area contributed by atoms with Crippen molar-refractivity contribution in [2.24, 2.45) is 5.92 Å². The lowest BCUT2D eigenvalue weighted by molar-refractivity contribution is 0.0953. The largest absolute Gasteiger partial charge is 0.300 e. The Labute approximate surface area is 124 Å². The van der Waals surface area contributed by atoms with Crippen LogP contribution in [0.1, 0.15) is 43.5 Å². The van der Waals surface area contributed by atoms with Crippen LogP contribution in [0.2, 0.25) is 0 Å². The van der Waals surface area contributed by atoms with Gasteiger partial charge in [0.25, 0.3) is 0 Å². The second kappa shape index (κ2) is 6.67. The molecule has 1 aromatic rings. The monoisotopic (exact) mass is 323 g/mol. The molecule has 2 nitrogen and oxygen atoms in total. The van der Waals surface area contributed by atoms with Gasteiger partial charge in [-0.3, -0.25) is 4.79 Å². The van der Waals surface area contributed by atoms with Crippen molar-refractivity contribution in [3.63, 3.8) is 0 Å². The van der Waals surface area contributed by atoms with Crippen LogP contribution in [-0.2, 0) is 0 Å². The lowest BCUT2D eigenvalue weighted by atomic mass is 10.1. The lowest BCUT2D eigenvalue weighted by Gasteiger charge is -2.26. The van der Waals surface area contributed by atoms with E-state index < -0.39 is 0 Å². The fourth-order valence-electron chi connectivity index (χ4n) is 2.26. The van der Waals surface area contributed by atoms with E-state index in [4.69, 9.17) is 0 Å². The summed E-state index contributed by atoms with van der Waals surface area (Å²) in [6.45, 7) is 6.45. The second-order valence-electron chi connectivity index (χ2n) is 5.69. The molecule has 0 heterocycles. The number of carbonyl (C=O) groups is 1. The Hall–Kier alpha value is -0.670. The van der Waals surface area contributed by atoms with Crippen molar-refractivity contribution in [2.75, 3.05) is 13.1 Å². The molecular weight excluding hydrogens is 302 g/mol. The number of nitrogens with zero attached hydrogens (tertiary/aromatic N) is 1. The summed E-state index contributed by atoms with van der Waals surface area (Å²) in [6, 6.07) is 8.20. The Morgan fingerprint density at radius 1 is 1.37 bits per heavy atom. The van der Waals surface area contributed by atoms with E-state index >= 15 is 0 Å². The van der Waals surface area contributed by atoms with E-state index in [1.165, 1.54) is 12.8 Å². The quantitative estimate of drug-likeness (QED) is 0.703. The van der Waals surface area contributed by atoms with Gasteiger partial charge >= 0.3 is 0 Å². The number of benzene rings is 1. The van der Waals surface area contributed by atoms with Crippen molar-refractivity contribution < 1.29 is 4.79 Å². The van der Waals surface area contributed by atoms with E-state index in [1.807, 2.05) is 24.3 Å². The van der Waals surface area contributed by atoms with E-state index in [9.17, 15) is 4.79 Å². The minimum atomic E-state index is 0.230. The molecule has 0 atom stereocenters. The van der Waals surface area contributed by atoms with Gasteiger partial charge in [0.1, 0.15) is 0 Å². The first kappa shape index (κ1) is 14.7. The summed E-state index contributed by atoms with van der Waals surface area (Å²) < 4.78 is 0.901. The zero-order valence-corrected chi connectivity index (χ0v) is 13.3. The molecule has 2 rings (SSSR count). The first-order chi connectivity index (χ1) is 9.08. The molecule has 104 valence electrons. The molecular formula is C16H22BrNO. The van der Waals surface area contributed by atoms with E-state index in [0.29, 0.717) is 12.5 Å². The minimum Gasteiger partial charge on any atom is -0.300 e. The average molecular weight is 324 g/mol. The van der Waals surface area contributed by atoms with Crippen molar-refractivity contribution in [1.82, 2.24) is 4.90 Å². The summed E-state index contributed by atoms with van der Waals surface area (Å²) in [7, 11) is 0. The Kier molecular flexibility index (Phi) is 5.17. The van der Waals surface area contributed by atoms with Crippen LogP contribution in [0.3, 0.4) is 0 Å². The summed E-state index contributed by atoms with van der Waals surface area (Å²) in [6.07, 6.45) is 3.33. The molecule has 1 fully saturated rings. The second-order valence-corrected chi connectivity index (χ2v) is 6.54. The molecule has 0 N–H and O–H groups in total. The number of halogens is 1. The molecule has 0 spiro atoms. The lowest BCUT2D eigenvalue weighted by Crippen LogP contribution is -2.34. The van der Waals surface area contributed by atoms with Crippen molar-refractivity contribution in [3.8, 4) is 0 Å². The van der Waals surface area contributed by atoms with Gasteiger partial charge < -0.3 is 4.90 Å². The van der Waals surface area contributed by atoms with Crippen LogP contribution in [0.5, 0.6) is 0 Å². The van der Waals surface area contributed by atoms with E-state index in [-0.39, 0.29) is 5.78 Å². The molecule has 0 unspecified atom stereocenters. The summed E-state index contributed by atoms with van der Waals surface area (Å²) in [4.78, 5) is 14.7. The van der Waals surface area contributed by atoms with Crippen LogP contribution in [0.15, 0.2) is 28.7 Å². The normalized spacial score (nSPS) is 15.2. The predicted molar refractivity (Wildman–Crippen MR) is 82.5 cm³/mol. The summed E-state index contributed by atoms with van der Waals surface area (Å²) >= 11 is 3.45. The standard InChI is InChI=1S/C16H22BrNO/c1-12(2)18(11-13-7-8-13)10-9-16(19)14-5-3-4-6-15(14)17/h3-6,12-13H,7-11H2,1-2H3. The van der Waals surface area contributed by atoms with Gasteiger partial charge in [-0.2, -0.15) is 0 Å². The Bertz CT molecular complexity index is 440. The number of rotatable bonds is 7. The maximum absolute atomic E-state index is 12.2. The molecule has 1 aliphatic rings. The molecule has 0 amide bonds. The number of hydrogen-bond acceptors (Lipinski definition) is 2. The SMILES string of the molecule is CC(C)N(CCC(=O)c1ccccc1Br)CC1CC1. The maximum Gasteiger partial charge on any atom is 0.165 e. The van der Waals surface area contributed by atoms with Crippen LogP contribution in [0, 0.1) is 5.92 Å². The highest BCUT2D eigenvalue weighted by molar-refractivity contribution is 9.10. The topological polar surface area (TPSA) is 20.3 Å². The molecule has 0 aliphatic heterocycles. The van der Waals surface area contributed by atoms with Gasteiger partial charge in [0.15, 0.2) is 5.78 Å². The number of hydrogen-bond donors (Lipinski definition) is 0.